The third-order valence-electron chi connectivity index (χ3n) is 9.27. The van der Waals surface area contributed by atoms with Crippen molar-refractivity contribution in [2.24, 2.45) is 0 Å². The van der Waals surface area contributed by atoms with Gasteiger partial charge in [0.1, 0.15) is 18.0 Å². The maximum atomic E-state index is 13.1. The first-order chi connectivity index (χ1) is 23.0. The molecule has 0 aliphatic carbocycles. The molecule has 48 heavy (non-hydrogen) atoms. The normalized spacial score (nSPS) is 17.9. The van der Waals surface area contributed by atoms with Crippen LogP contribution in [0, 0.1) is 0 Å². The molecule has 2 aliphatic rings. The molecule has 0 aromatic heterocycles. The van der Waals surface area contributed by atoms with E-state index in [1.165, 1.54) is 16.0 Å². The Morgan fingerprint density at radius 2 is 1.56 bits per heavy atom. The number of sulfonamides is 1. The highest BCUT2D eigenvalue weighted by atomic mass is 32.2. The molecule has 1 saturated heterocycles. The predicted octanol–water partition coefficient (Wildman–Crippen LogP) is 7.27. The molecular weight excluding hydrogens is 625 g/mol. The van der Waals surface area contributed by atoms with Crippen molar-refractivity contribution in [3.05, 3.63) is 125 Å². The van der Waals surface area contributed by atoms with Gasteiger partial charge in [-0.25, -0.2) is 17.9 Å². The lowest BCUT2D eigenvalue weighted by Crippen LogP contribution is -2.46. The first-order valence-electron chi connectivity index (χ1n) is 16.5. The fraction of sp³-hybridized carbons (Fsp3) is 0.333. The molecule has 2 aliphatic heterocycles. The van der Waals surface area contributed by atoms with Crippen LogP contribution in [0.5, 0.6) is 5.75 Å². The number of amides is 2. The summed E-state index contributed by atoms with van der Waals surface area (Å²) in [7, 11) is -3.94. The van der Waals surface area contributed by atoms with Crippen LogP contribution in [0.4, 0.5) is 4.79 Å². The average Bonchev–Trinajstić information content (AvgIpc) is 3.42. The first-order valence-corrected chi connectivity index (χ1v) is 18.1. The van der Waals surface area contributed by atoms with Crippen LogP contribution in [0.3, 0.4) is 0 Å². The number of rotatable bonds is 9. The van der Waals surface area contributed by atoms with Gasteiger partial charge in [0.15, 0.2) is 0 Å². The summed E-state index contributed by atoms with van der Waals surface area (Å²) >= 11 is 0. The van der Waals surface area contributed by atoms with Gasteiger partial charge in [-0.05, 0) is 83.3 Å². The van der Waals surface area contributed by atoms with Crippen LogP contribution in [0.15, 0.2) is 97.1 Å². The van der Waals surface area contributed by atoms with E-state index in [1.54, 1.807) is 12.1 Å². The average molecular weight is 667 g/mol. The van der Waals surface area contributed by atoms with Gasteiger partial charge in [0, 0.05) is 31.5 Å². The second kappa shape index (κ2) is 13.8. The summed E-state index contributed by atoms with van der Waals surface area (Å²) in [5.74, 6) is 0.707. The van der Waals surface area contributed by atoms with Gasteiger partial charge in [0.2, 0.25) is 10.0 Å². The predicted molar refractivity (Wildman–Crippen MR) is 186 cm³/mol. The molecule has 0 spiro atoms. The Labute approximate surface area is 283 Å². The topological polar surface area (TPSA) is 102 Å². The van der Waals surface area contributed by atoms with E-state index in [1.807, 2.05) is 54.6 Å². The highest BCUT2D eigenvalue weighted by molar-refractivity contribution is 7.90. The fourth-order valence-electron chi connectivity index (χ4n) is 6.50. The molecule has 0 saturated carbocycles. The number of carbonyl (C=O) groups excluding carboxylic acids is 2. The number of nitrogens with one attached hydrogen (secondary N) is 1. The van der Waals surface area contributed by atoms with Crippen molar-refractivity contribution < 1.29 is 27.5 Å². The van der Waals surface area contributed by atoms with E-state index in [-0.39, 0.29) is 43.7 Å². The first kappa shape index (κ1) is 33.3. The van der Waals surface area contributed by atoms with Gasteiger partial charge >= 0.3 is 6.09 Å². The van der Waals surface area contributed by atoms with Crippen LogP contribution in [0.25, 0.3) is 11.1 Å². The van der Waals surface area contributed by atoms with E-state index in [9.17, 15) is 18.0 Å². The van der Waals surface area contributed by atoms with Crippen LogP contribution in [-0.2, 0) is 34.2 Å². The van der Waals surface area contributed by atoms with Gasteiger partial charge < -0.3 is 14.4 Å². The van der Waals surface area contributed by atoms with Gasteiger partial charge in [-0.3, -0.25) is 4.79 Å². The van der Waals surface area contributed by atoms with Crippen molar-refractivity contribution in [2.45, 2.75) is 69.8 Å². The minimum Gasteiger partial charge on any atom is -0.487 e. The van der Waals surface area contributed by atoms with E-state index in [0.717, 1.165) is 40.8 Å². The summed E-state index contributed by atoms with van der Waals surface area (Å²) in [6, 6.07) is 31.2. The van der Waals surface area contributed by atoms with Crippen LogP contribution in [0.1, 0.15) is 72.1 Å². The zero-order chi connectivity index (χ0) is 33.9. The monoisotopic (exact) mass is 666 g/mol. The molecule has 0 bridgehead atoms. The number of piperidine rings is 1. The number of nitrogens with zero attached hydrogens (tertiary/aromatic N) is 1. The number of hydrogen-bond acceptors (Lipinski definition) is 6. The van der Waals surface area contributed by atoms with Crippen molar-refractivity contribution >= 4 is 22.0 Å². The molecule has 9 heteroatoms. The Morgan fingerprint density at radius 1 is 0.896 bits per heavy atom. The van der Waals surface area contributed by atoms with Gasteiger partial charge in [-0.1, -0.05) is 86.6 Å². The maximum Gasteiger partial charge on any atom is 0.410 e. The fourth-order valence-corrected chi connectivity index (χ4v) is 7.87. The Hall–Kier alpha value is -4.63. The van der Waals surface area contributed by atoms with Gasteiger partial charge in [-0.15, -0.1) is 0 Å². The Bertz CT molecular complexity index is 1870. The largest absolute Gasteiger partial charge is 0.487 e. The number of benzene rings is 4. The maximum absolute atomic E-state index is 13.1. The highest BCUT2D eigenvalue weighted by Gasteiger charge is 2.36. The SMILES string of the molecule is CC(C)c1ccc(CC2(C)Cc3cc(-c4ccc(C(=O)NS(=O)(=O)C5CCN(C(=O)OCc6ccccc6)CC5)cc4)ccc3O2)cc1. The van der Waals surface area contributed by atoms with Gasteiger partial charge in [0.25, 0.3) is 5.91 Å². The summed E-state index contributed by atoms with van der Waals surface area (Å²) in [6.45, 7) is 7.16. The molecule has 2 amide bonds. The zero-order valence-corrected chi connectivity index (χ0v) is 28.5. The van der Waals surface area contributed by atoms with E-state index < -0.39 is 27.3 Å². The Balaban J connectivity index is 1.02. The quantitative estimate of drug-likeness (QED) is 0.202. The Morgan fingerprint density at radius 3 is 2.23 bits per heavy atom. The second-order valence-corrected chi connectivity index (χ2v) is 15.4. The molecule has 1 unspecified atom stereocenters. The van der Waals surface area contributed by atoms with Crippen LogP contribution >= 0.6 is 0 Å². The molecule has 8 nitrogen and oxygen atoms in total. The van der Waals surface area contributed by atoms with Gasteiger partial charge in [-0.2, -0.15) is 0 Å². The van der Waals surface area contributed by atoms with Crippen LogP contribution < -0.4 is 9.46 Å². The summed E-state index contributed by atoms with van der Waals surface area (Å²) in [4.78, 5) is 27.0. The lowest BCUT2D eigenvalue weighted by molar-refractivity contribution is 0.0892. The lowest BCUT2D eigenvalue weighted by Gasteiger charge is -2.31. The van der Waals surface area contributed by atoms with Gasteiger partial charge in [0.05, 0.1) is 5.25 Å². The van der Waals surface area contributed by atoms with Crippen molar-refractivity contribution in [3.63, 3.8) is 0 Å². The van der Waals surface area contributed by atoms with Crippen LogP contribution in [-0.4, -0.2) is 49.3 Å². The summed E-state index contributed by atoms with van der Waals surface area (Å²) in [5, 5.41) is -0.780. The highest BCUT2D eigenvalue weighted by Crippen LogP contribution is 2.39. The molecule has 2 heterocycles. The second-order valence-electron chi connectivity index (χ2n) is 13.4. The lowest BCUT2D eigenvalue weighted by atomic mass is 9.90. The minimum absolute atomic E-state index is 0.154. The van der Waals surface area contributed by atoms with Crippen molar-refractivity contribution in [1.82, 2.24) is 9.62 Å². The summed E-state index contributed by atoms with van der Waals surface area (Å²) in [6.07, 6.45) is 1.55. The molecule has 250 valence electrons. The molecule has 1 N–H and O–H groups in total. The molecule has 4 aromatic carbocycles. The van der Waals surface area contributed by atoms with Crippen molar-refractivity contribution in [2.75, 3.05) is 13.1 Å². The summed E-state index contributed by atoms with van der Waals surface area (Å²) in [5.41, 5.74) is 6.42. The standard InChI is InChI=1S/C39H42N2O6S/c1-27(2)30-11-9-28(10-12-30)24-39(3)25-34-23-33(17-18-36(34)47-39)31-13-15-32(16-14-31)37(42)40-48(44,45)35-19-21-41(22-20-35)38(43)46-26-29-7-5-4-6-8-29/h4-18,23,27,35H,19-22,24-26H2,1-3H3,(H,40,42). The molecule has 6 rings (SSSR count). The van der Waals surface area contributed by atoms with E-state index >= 15 is 0 Å². The number of carbonyl (C=O) groups is 2. The molecule has 1 atom stereocenters. The Kier molecular flexibility index (Phi) is 9.60. The smallest absolute Gasteiger partial charge is 0.410 e. The number of hydrogen-bond donors (Lipinski definition) is 1. The van der Waals surface area contributed by atoms with Crippen LogP contribution in [0.2, 0.25) is 0 Å². The van der Waals surface area contributed by atoms with E-state index in [2.05, 4.69) is 55.8 Å². The minimum atomic E-state index is -3.94. The number of likely N-dealkylation sites (tertiary alicyclic amines) is 1. The zero-order valence-electron chi connectivity index (χ0n) is 27.6. The third kappa shape index (κ3) is 7.73. The number of ether oxygens (including phenoxy) is 2. The third-order valence-corrected chi connectivity index (χ3v) is 11.1. The van der Waals surface area contributed by atoms with Crippen molar-refractivity contribution in [1.29, 1.82) is 0 Å². The molecule has 4 aromatic rings. The number of fused-ring (bicyclic) bond motifs is 1. The van der Waals surface area contributed by atoms with E-state index in [0.29, 0.717) is 5.92 Å². The van der Waals surface area contributed by atoms with E-state index in [4.69, 9.17) is 9.47 Å². The molecule has 0 radical (unpaired) electrons. The van der Waals surface area contributed by atoms with Crippen molar-refractivity contribution in [3.8, 4) is 16.9 Å². The molecule has 1 fully saturated rings. The molecular formula is C39H42N2O6S. The summed E-state index contributed by atoms with van der Waals surface area (Å²) < 4.78 is 40.2.